The number of carbonyl (C=O) groups excluding carboxylic acids is 3. The van der Waals surface area contributed by atoms with Crippen LogP contribution in [0.15, 0.2) is 152 Å². The van der Waals surface area contributed by atoms with Crippen LogP contribution >= 0.6 is 0 Å². The van der Waals surface area contributed by atoms with Crippen molar-refractivity contribution < 1.29 is 78.5 Å². The van der Waals surface area contributed by atoms with E-state index in [1.807, 2.05) is 31.2 Å². The van der Waals surface area contributed by atoms with Gasteiger partial charge in [-0.05, 0) is 97.6 Å². The molecule has 0 unspecified atom stereocenters. The number of aliphatic carboxylic acids is 3. The normalized spacial score (nSPS) is 9.69. The van der Waals surface area contributed by atoms with E-state index in [1.165, 1.54) is 26.4 Å². The molecule has 0 spiro atoms. The molecular weight excluding hydrogens is 971 g/mol. The molecule has 19 nitrogen and oxygen atoms in total. The second-order valence-electron chi connectivity index (χ2n) is 15.7. The van der Waals surface area contributed by atoms with Crippen LogP contribution in [-0.4, -0.2) is 106 Å². The van der Waals surface area contributed by atoms with Crippen molar-refractivity contribution in [2.75, 3.05) is 32.6 Å². The second-order valence-corrected chi connectivity index (χ2v) is 15.7. The third-order valence-corrected chi connectivity index (χ3v) is 10.1. The zero-order valence-corrected chi connectivity index (χ0v) is 41.6. The number of hydrogen-bond acceptors (Lipinski definition) is 11. The van der Waals surface area contributed by atoms with Gasteiger partial charge in [0.1, 0.15) is 29.4 Å². The molecule has 6 aromatic rings. The fraction of sp³-hybridized carbons (Fsp3) is 0.214. The van der Waals surface area contributed by atoms with Crippen molar-refractivity contribution in [2.45, 2.75) is 51.9 Å². The van der Waals surface area contributed by atoms with Gasteiger partial charge < -0.3 is 56.1 Å². The van der Waals surface area contributed by atoms with E-state index in [9.17, 15) is 38.4 Å². The van der Waals surface area contributed by atoms with E-state index in [-0.39, 0.29) is 36.0 Å². The molecule has 0 bridgehead atoms. The summed E-state index contributed by atoms with van der Waals surface area (Å²) in [5, 5.41) is 59.2. The molecule has 0 atom stereocenters. The van der Waals surface area contributed by atoms with E-state index in [0.717, 1.165) is 43.2 Å². The summed E-state index contributed by atoms with van der Waals surface area (Å²) in [6.07, 6.45) is 4.87. The van der Waals surface area contributed by atoms with Crippen LogP contribution in [0.5, 0.6) is 17.2 Å². The van der Waals surface area contributed by atoms with Crippen molar-refractivity contribution in [3.63, 3.8) is 0 Å². The third kappa shape index (κ3) is 24.9. The third-order valence-electron chi connectivity index (χ3n) is 10.1. The Kier molecular flexibility index (Phi) is 28.5. The van der Waals surface area contributed by atoms with Crippen LogP contribution in [0.3, 0.4) is 0 Å². The molecule has 19 heteroatoms. The van der Waals surface area contributed by atoms with E-state index >= 15 is 0 Å². The molecule has 3 amide bonds. The quantitative estimate of drug-likeness (QED) is 0.0323. The zero-order valence-electron chi connectivity index (χ0n) is 41.6. The summed E-state index contributed by atoms with van der Waals surface area (Å²) in [5.74, 6) is -4.74. The van der Waals surface area contributed by atoms with Crippen LogP contribution in [0.25, 0.3) is 0 Å². The minimum Gasteiger partial charge on any atom is -0.507 e. The Morgan fingerprint density at radius 2 is 0.933 bits per heavy atom. The van der Waals surface area contributed by atoms with Gasteiger partial charge in [-0.1, -0.05) is 104 Å². The fourth-order valence-electron chi connectivity index (χ4n) is 6.29. The minimum atomic E-state index is -1.11. The second kappa shape index (κ2) is 34.7. The van der Waals surface area contributed by atoms with Crippen LogP contribution in [0.1, 0.15) is 101 Å². The Morgan fingerprint density at radius 3 is 1.41 bits per heavy atom. The molecule has 0 aliphatic heterocycles. The van der Waals surface area contributed by atoms with Gasteiger partial charge in [0.25, 0.3) is 17.7 Å². The highest BCUT2D eigenvalue weighted by Gasteiger charge is 2.13. The molecule has 9 N–H and O–H groups in total. The lowest BCUT2D eigenvalue weighted by Gasteiger charge is -2.09. The number of aromatic hydroxyl groups is 1. The van der Waals surface area contributed by atoms with Crippen molar-refractivity contribution in [3.8, 4) is 17.2 Å². The van der Waals surface area contributed by atoms with Crippen molar-refractivity contribution in [1.82, 2.24) is 10.6 Å². The van der Waals surface area contributed by atoms with Crippen LogP contribution in [0.4, 0.5) is 5.69 Å². The molecule has 0 fully saturated rings. The minimum absolute atomic E-state index is 0.0195. The molecule has 6 aromatic carbocycles. The number of carboxylic acids is 5. The first-order valence-electron chi connectivity index (χ1n) is 23.1. The Morgan fingerprint density at radius 1 is 0.453 bits per heavy atom. The van der Waals surface area contributed by atoms with Gasteiger partial charge in [0.2, 0.25) is 0 Å². The van der Waals surface area contributed by atoms with E-state index in [0.29, 0.717) is 46.0 Å². The van der Waals surface area contributed by atoms with Crippen molar-refractivity contribution in [1.29, 1.82) is 0 Å². The maximum absolute atomic E-state index is 12.2. The predicted molar refractivity (Wildman–Crippen MR) is 279 cm³/mol. The Hall–Kier alpha value is -9.52. The number of carbonyl (C=O) groups is 8. The van der Waals surface area contributed by atoms with Crippen LogP contribution < -0.4 is 25.4 Å². The van der Waals surface area contributed by atoms with Gasteiger partial charge in [0.15, 0.2) is 0 Å². The number of aromatic carboxylic acids is 2. The number of rotatable bonds is 20. The van der Waals surface area contributed by atoms with Crippen molar-refractivity contribution in [2.24, 2.45) is 0 Å². The summed E-state index contributed by atoms with van der Waals surface area (Å²) in [6.45, 7) is 2.19. The lowest BCUT2D eigenvalue weighted by atomic mass is 10.1. The van der Waals surface area contributed by atoms with Crippen LogP contribution in [0, 0.1) is 6.92 Å². The highest BCUT2D eigenvalue weighted by atomic mass is 16.5. The molecule has 0 saturated carbocycles. The molecule has 75 heavy (non-hydrogen) atoms. The van der Waals surface area contributed by atoms with Gasteiger partial charge in [-0.3, -0.25) is 28.8 Å². The van der Waals surface area contributed by atoms with Crippen LogP contribution in [-0.2, 0) is 20.8 Å². The Bertz CT molecular complexity index is 2780. The first-order valence-corrected chi connectivity index (χ1v) is 23.1. The highest BCUT2D eigenvalue weighted by molar-refractivity contribution is 6.06. The topological polar surface area (TPSA) is 312 Å². The van der Waals surface area contributed by atoms with Gasteiger partial charge in [-0.2, -0.15) is 0 Å². The summed E-state index contributed by atoms with van der Waals surface area (Å²) in [6, 6.07) is 41.9. The molecule has 0 heterocycles. The largest absolute Gasteiger partial charge is 0.507 e. The molecule has 0 radical (unpaired) electrons. The van der Waals surface area contributed by atoms with Gasteiger partial charge in [0.05, 0.1) is 37.3 Å². The number of phenols is 1. The van der Waals surface area contributed by atoms with E-state index < -0.39 is 42.3 Å². The number of anilines is 1. The molecule has 6 rings (SSSR count). The Labute approximate surface area is 433 Å². The molecular formula is C56H61N3O16. The average molecular weight is 1030 g/mol. The smallest absolute Gasteiger partial charge is 0.339 e. The van der Waals surface area contributed by atoms with E-state index in [2.05, 4.69) is 16.0 Å². The maximum atomic E-state index is 12.2. The van der Waals surface area contributed by atoms with Gasteiger partial charge in [-0.15, -0.1) is 0 Å². The number of amides is 3. The number of ether oxygens (including phenoxy) is 2. The number of methoxy groups -OCH3 is 2. The molecule has 0 aliphatic rings. The maximum Gasteiger partial charge on any atom is 0.339 e. The lowest BCUT2D eigenvalue weighted by Crippen LogP contribution is -2.29. The first kappa shape index (κ1) is 61.6. The highest BCUT2D eigenvalue weighted by Crippen LogP contribution is 2.20. The summed E-state index contributed by atoms with van der Waals surface area (Å²) in [5.41, 5.74) is 4.02. The van der Waals surface area contributed by atoms with Crippen molar-refractivity contribution >= 4 is 53.3 Å². The molecule has 0 aliphatic carbocycles. The predicted octanol–water partition coefficient (Wildman–Crippen LogP) is 8.71. The monoisotopic (exact) mass is 1030 g/mol. The number of benzene rings is 6. The molecule has 0 saturated heterocycles. The van der Waals surface area contributed by atoms with Gasteiger partial charge in [-0.25, -0.2) is 9.59 Å². The number of para-hydroxylation sites is 3. The number of unbranched alkanes of at least 4 members (excludes halogenated alkanes) is 4. The van der Waals surface area contributed by atoms with Gasteiger partial charge in [0, 0.05) is 24.2 Å². The van der Waals surface area contributed by atoms with E-state index in [1.54, 1.807) is 115 Å². The van der Waals surface area contributed by atoms with Crippen LogP contribution in [0.2, 0.25) is 0 Å². The number of aryl methyl sites for hydroxylation is 1. The SMILES string of the molecule is COc1ccccc1C(=O)NCC(=O)O.COc1ccccc1C(=O)Nc1ccc(CC(=O)O)cc1.Cc1ccccc1C(=O)NCCCCCCCC(=O)O.O=C(O)c1ccccc1.O=C(O)c1ccccc1O. The standard InChI is InChI=1S/C16H15NO4.C16H23NO3.C10H11NO4.C7H6O3.C7H6O2/c1-21-14-5-3-2-4-13(14)16(20)17-12-8-6-11(7-9-12)10-15(18)19;1-13-9-6-7-10-14(13)16(20)17-12-8-4-2-3-5-11-15(18)19;1-15-8-5-3-2-4-7(8)10(14)11-6-9(12)13;8-6-4-2-1-3-5(6)7(9)10;8-7(9)6-4-2-1-3-5-6/h2-9H,10H2,1H3,(H,17,20)(H,18,19);6-7,9-10H,2-5,8,11-12H2,1H3,(H,17,20)(H,18,19);2-5H,6H2,1H3,(H,11,14)(H,12,13);1-4,8H,(H,9,10);1-5H,(H,8,9). The average Bonchev–Trinajstić information content (AvgIpc) is 3.40. The zero-order chi connectivity index (χ0) is 55.5. The van der Waals surface area contributed by atoms with E-state index in [4.69, 9.17) is 40.1 Å². The van der Waals surface area contributed by atoms with Crippen molar-refractivity contribution in [3.05, 3.63) is 191 Å². The number of nitrogens with one attached hydrogen (secondary N) is 3. The molecule has 396 valence electrons. The molecule has 0 aromatic heterocycles. The summed E-state index contributed by atoms with van der Waals surface area (Å²) >= 11 is 0. The lowest BCUT2D eigenvalue weighted by molar-refractivity contribution is -0.137. The number of carboxylic acid groups (broad SMARTS) is 5. The first-order chi connectivity index (χ1) is 35.9. The summed E-state index contributed by atoms with van der Waals surface area (Å²) < 4.78 is 10.1. The van der Waals surface area contributed by atoms with Gasteiger partial charge >= 0.3 is 29.8 Å². The summed E-state index contributed by atoms with van der Waals surface area (Å²) in [7, 11) is 2.95. The summed E-state index contributed by atoms with van der Waals surface area (Å²) in [4.78, 5) is 87.2. The Balaban J connectivity index is 0.000000332. The number of hydrogen-bond donors (Lipinski definition) is 9. The fourth-order valence-corrected chi connectivity index (χ4v) is 6.29.